The van der Waals surface area contributed by atoms with Gasteiger partial charge in [0.1, 0.15) is 12.4 Å². The van der Waals surface area contributed by atoms with Gasteiger partial charge in [-0.05, 0) is 38.4 Å². The molecule has 7 heteroatoms. The predicted molar refractivity (Wildman–Crippen MR) is 90.3 cm³/mol. The van der Waals surface area contributed by atoms with Gasteiger partial charge in [-0.1, -0.05) is 12.1 Å². The van der Waals surface area contributed by atoms with Gasteiger partial charge in [-0.3, -0.25) is 4.79 Å². The summed E-state index contributed by atoms with van der Waals surface area (Å²) in [6.45, 7) is 3.58. The predicted octanol–water partition coefficient (Wildman–Crippen LogP) is 2.04. The van der Waals surface area contributed by atoms with Crippen molar-refractivity contribution in [2.24, 2.45) is 5.73 Å². The first-order valence-corrected chi connectivity index (χ1v) is 6.61. The average Bonchev–Trinajstić information content (AvgIpc) is 2.72. The highest BCUT2D eigenvalue weighted by atomic mass is 35.5. The lowest BCUT2D eigenvalue weighted by molar-refractivity contribution is -0.121. The Labute approximate surface area is 137 Å². The number of hydrogen-bond acceptors (Lipinski definition) is 3. The largest absolute Gasteiger partial charge is 0.355 e. The third kappa shape index (κ3) is 5.19. The Morgan fingerprint density at radius 1 is 1.29 bits per heavy atom. The Hall–Kier alpha value is -1.30. The molecule has 0 fully saturated rings. The number of unbranched alkanes of at least 4 members (excludes halogenated alkanes) is 1. The third-order valence-corrected chi connectivity index (χ3v) is 3.10. The van der Waals surface area contributed by atoms with Gasteiger partial charge in [0.2, 0.25) is 5.91 Å². The normalized spacial score (nSPS) is 9.81. The van der Waals surface area contributed by atoms with E-state index in [2.05, 4.69) is 10.3 Å². The standard InChI is InChI=1S/C14H20N4O.2ClH/c1-11-17-12-6-2-3-7-13(12)18(11)10-14(19)16-9-5-4-8-15;;/h2-3,6-7H,4-5,8-10,15H2,1H3,(H,16,19);2*1H. The van der Waals surface area contributed by atoms with E-state index in [4.69, 9.17) is 5.73 Å². The minimum Gasteiger partial charge on any atom is -0.355 e. The monoisotopic (exact) mass is 332 g/mol. The van der Waals surface area contributed by atoms with E-state index in [0.29, 0.717) is 19.6 Å². The van der Waals surface area contributed by atoms with Crippen LogP contribution < -0.4 is 11.1 Å². The molecule has 3 N–H and O–H groups in total. The topological polar surface area (TPSA) is 72.9 Å². The number of carbonyl (C=O) groups excluding carboxylic acids is 1. The van der Waals surface area contributed by atoms with Crippen molar-refractivity contribution >= 4 is 41.8 Å². The van der Waals surface area contributed by atoms with Crippen LogP contribution in [0.1, 0.15) is 18.7 Å². The Morgan fingerprint density at radius 3 is 2.71 bits per heavy atom. The molecule has 0 aliphatic heterocycles. The van der Waals surface area contributed by atoms with Gasteiger partial charge in [-0.25, -0.2) is 4.98 Å². The average molecular weight is 333 g/mol. The number of nitrogens with zero attached hydrogens (tertiary/aromatic N) is 2. The Kier molecular flexibility index (Phi) is 9.01. The highest BCUT2D eigenvalue weighted by Crippen LogP contribution is 2.14. The van der Waals surface area contributed by atoms with Gasteiger partial charge in [0.15, 0.2) is 0 Å². The number of rotatable bonds is 6. The van der Waals surface area contributed by atoms with E-state index in [0.717, 1.165) is 29.7 Å². The molecular formula is C14H22Cl2N4O. The van der Waals surface area contributed by atoms with Crippen molar-refractivity contribution in [1.82, 2.24) is 14.9 Å². The molecule has 0 radical (unpaired) electrons. The summed E-state index contributed by atoms with van der Waals surface area (Å²) in [5, 5.41) is 2.90. The smallest absolute Gasteiger partial charge is 0.240 e. The van der Waals surface area contributed by atoms with Crippen LogP contribution in [0.3, 0.4) is 0 Å². The van der Waals surface area contributed by atoms with Crippen LogP contribution in [0.25, 0.3) is 11.0 Å². The van der Waals surface area contributed by atoms with Crippen LogP contribution in [0.15, 0.2) is 24.3 Å². The molecule has 1 heterocycles. The van der Waals surface area contributed by atoms with Crippen molar-refractivity contribution < 1.29 is 4.79 Å². The van der Waals surface area contributed by atoms with Crippen molar-refractivity contribution in [3.8, 4) is 0 Å². The van der Waals surface area contributed by atoms with E-state index < -0.39 is 0 Å². The van der Waals surface area contributed by atoms with Gasteiger partial charge < -0.3 is 15.6 Å². The van der Waals surface area contributed by atoms with Crippen LogP contribution in [0.2, 0.25) is 0 Å². The van der Waals surface area contributed by atoms with Gasteiger partial charge in [0.25, 0.3) is 0 Å². The van der Waals surface area contributed by atoms with Gasteiger partial charge in [0.05, 0.1) is 11.0 Å². The molecule has 5 nitrogen and oxygen atoms in total. The SMILES string of the molecule is Cc1nc2ccccc2n1CC(=O)NCCCCN.Cl.Cl. The van der Waals surface area contributed by atoms with E-state index in [1.54, 1.807) is 0 Å². The number of amides is 1. The maximum atomic E-state index is 11.9. The van der Waals surface area contributed by atoms with Crippen LogP contribution in [-0.2, 0) is 11.3 Å². The number of para-hydroxylation sites is 2. The zero-order chi connectivity index (χ0) is 13.7. The second kappa shape index (κ2) is 9.60. The van der Waals surface area contributed by atoms with Gasteiger partial charge in [-0.2, -0.15) is 0 Å². The van der Waals surface area contributed by atoms with Gasteiger partial charge >= 0.3 is 0 Å². The minimum absolute atomic E-state index is 0. The quantitative estimate of drug-likeness (QED) is 0.795. The molecule has 1 amide bonds. The maximum absolute atomic E-state index is 11.9. The molecule has 118 valence electrons. The fraction of sp³-hybridized carbons (Fsp3) is 0.429. The summed E-state index contributed by atoms with van der Waals surface area (Å²) in [6, 6.07) is 7.85. The molecule has 2 aromatic rings. The molecule has 2 rings (SSSR count). The highest BCUT2D eigenvalue weighted by Gasteiger charge is 2.09. The molecule has 1 aromatic heterocycles. The van der Waals surface area contributed by atoms with Crippen LogP contribution >= 0.6 is 24.8 Å². The number of halogens is 2. The van der Waals surface area contributed by atoms with Crippen LogP contribution in [-0.4, -0.2) is 28.5 Å². The number of imidazole rings is 1. The number of carbonyl (C=O) groups is 1. The molecule has 0 saturated carbocycles. The molecule has 0 aliphatic rings. The molecule has 0 unspecified atom stereocenters. The lowest BCUT2D eigenvalue weighted by atomic mass is 10.3. The highest BCUT2D eigenvalue weighted by molar-refractivity contribution is 5.85. The van der Waals surface area contributed by atoms with E-state index in [1.807, 2.05) is 35.8 Å². The number of hydrogen-bond donors (Lipinski definition) is 2. The molecule has 0 atom stereocenters. The van der Waals surface area contributed by atoms with Crippen LogP contribution in [0.5, 0.6) is 0 Å². The number of aryl methyl sites for hydroxylation is 1. The molecule has 21 heavy (non-hydrogen) atoms. The van der Waals surface area contributed by atoms with Crippen molar-refractivity contribution in [2.45, 2.75) is 26.3 Å². The summed E-state index contributed by atoms with van der Waals surface area (Å²) in [7, 11) is 0. The fourth-order valence-electron chi connectivity index (χ4n) is 2.09. The third-order valence-electron chi connectivity index (χ3n) is 3.10. The maximum Gasteiger partial charge on any atom is 0.240 e. The van der Waals surface area contributed by atoms with Crippen molar-refractivity contribution in [3.63, 3.8) is 0 Å². The van der Waals surface area contributed by atoms with E-state index in [9.17, 15) is 4.79 Å². The Bertz CT molecular complexity index is 571. The molecular weight excluding hydrogens is 311 g/mol. The molecule has 0 saturated heterocycles. The minimum atomic E-state index is 0. The van der Waals surface area contributed by atoms with Crippen molar-refractivity contribution in [2.75, 3.05) is 13.1 Å². The number of benzene rings is 1. The van der Waals surface area contributed by atoms with Gasteiger partial charge in [0, 0.05) is 6.54 Å². The second-order valence-corrected chi connectivity index (χ2v) is 4.58. The first-order chi connectivity index (χ1) is 9.22. The molecule has 1 aromatic carbocycles. The van der Waals surface area contributed by atoms with Gasteiger partial charge in [-0.15, -0.1) is 24.8 Å². The number of nitrogens with two attached hydrogens (primary N) is 1. The zero-order valence-electron chi connectivity index (χ0n) is 12.0. The molecule has 0 bridgehead atoms. The summed E-state index contributed by atoms with van der Waals surface area (Å²) in [5.41, 5.74) is 7.34. The lowest BCUT2D eigenvalue weighted by Crippen LogP contribution is -2.29. The van der Waals surface area contributed by atoms with Crippen molar-refractivity contribution in [3.05, 3.63) is 30.1 Å². The Morgan fingerprint density at radius 2 is 2.00 bits per heavy atom. The fourth-order valence-corrected chi connectivity index (χ4v) is 2.09. The molecule has 0 spiro atoms. The Balaban J connectivity index is 0.00000200. The van der Waals surface area contributed by atoms with Crippen molar-refractivity contribution in [1.29, 1.82) is 0 Å². The van der Waals surface area contributed by atoms with Crippen LogP contribution in [0.4, 0.5) is 0 Å². The number of aromatic nitrogens is 2. The second-order valence-electron chi connectivity index (χ2n) is 4.58. The summed E-state index contributed by atoms with van der Waals surface area (Å²) in [6.07, 6.45) is 1.86. The van der Waals surface area contributed by atoms with Crippen LogP contribution in [0, 0.1) is 6.92 Å². The summed E-state index contributed by atoms with van der Waals surface area (Å²) < 4.78 is 1.94. The first-order valence-electron chi connectivity index (χ1n) is 6.61. The lowest BCUT2D eigenvalue weighted by Gasteiger charge is -2.08. The zero-order valence-corrected chi connectivity index (χ0v) is 13.7. The number of nitrogens with one attached hydrogen (secondary N) is 1. The first kappa shape index (κ1) is 19.7. The summed E-state index contributed by atoms with van der Waals surface area (Å²) in [4.78, 5) is 16.3. The van der Waals surface area contributed by atoms with E-state index in [-0.39, 0.29) is 30.7 Å². The van der Waals surface area contributed by atoms with E-state index >= 15 is 0 Å². The number of fused-ring (bicyclic) bond motifs is 1. The van der Waals surface area contributed by atoms with E-state index in [1.165, 1.54) is 0 Å². The molecule has 0 aliphatic carbocycles. The summed E-state index contributed by atoms with van der Waals surface area (Å²) >= 11 is 0. The summed E-state index contributed by atoms with van der Waals surface area (Å²) in [5.74, 6) is 0.876.